The molecule has 0 aromatic rings. The summed E-state index contributed by atoms with van der Waals surface area (Å²) in [5, 5.41) is 0. The molecule has 0 radical (unpaired) electrons. The first kappa shape index (κ1) is 73.4. The Kier molecular flexibility index (Phi) is 63.6. The zero-order valence-corrected chi connectivity index (χ0v) is 51.4. The molecule has 0 saturated heterocycles. The van der Waals surface area contributed by atoms with E-state index in [0.717, 1.165) is 57.8 Å². The summed E-state index contributed by atoms with van der Waals surface area (Å²) in [6.07, 6.45) is 75.8. The Balaban J connectivity index is 4.04. The molecule has 0 aromatic carbocycles. The van der Waals surface area contributed by atoms with E-state index < -0.39 is 6.10 Å². The molecule has 1 atom stereocenters. The predicted octanol–water partition coefficient (Wildman–Crippen LogP) is 23.5. The molecule has 0 bridgehead atoms. The number of rotatable bonds is 65. The summed E-state index contributed by atoms with van der Waals surface area (Å²) in [4.78, 5) is 38.2. The zero-order valence-electron chi connectivity index (χ0n) is 51.4. The van der Waals surface area contributed by atoms with Gasteiger partial charge in [0.25, 0.3) is 0 Å². The molecule has 0 amide bonds. The van der Waals surface area contributed by atoms with Gasteiger partial charge >= 0.3 is 17.9 Å². The SMILES string of the molecule is CCCCCCCCCCCCCCCCCCCCCCCCCCCCCCCCC(=O)OCC(COC(=O)CCCCCCCCCCCC)OC(=O)CCCCCCCCCCCCCCCCCCC. The summed E-state index contributed by atoms with van der Waals surface area (Å²) < 4.78 is 16.9. The molecule has 75 heavy (non-hydrogen) atoms. The van der Waals surface area contributed by atoms with Crippen LogP contribution in [0.1, 0.15) is 406 Å². The Morgan fingerprint density at radius 3 is 0.533 bits per heavy atom. The maximum Gasteiger partial charge on any atom is 0.306 e. The van der Waals surface area contributed by atoms with Crippen molar-refractivity contribution in [2.24, 2.45) is 0 Å². The van der Waals surface area contributed by atoms with E-state index in [1.165, 1.54) is 308 Å². The maximum atomic E-state index is 12.9. The fourth-order valence-corrected chi connectivity index (χ4v) is 10.9. The Labute approximate surface area is 469 Å². The Morgan fingerprint density at radius 1 is 0.213 bits per heavy atom. The highest BCUT2D eigenvalue weighted by molar-refractivity contribution is 5.71. The summed E-state index contributed by atoms with van der Waals surface area (Å²) >= 11 is 0. The molecule has 0 fully saturated rings. The molecule has 0 rings (SSSR count). The van der Waals surface area contributed by atoms with Gasteiger partial charge in [0, 0.05) is 19.3 Å². The minimum atomic E-state index is -0.762. The van der Waals surface area contributed by atoms with Crippen LogP contribution in [0.25, 0.3) is 0 Å². The number of hydrogen-bond donors (Lipinski definition) is 0. The van der Waals surface area contributed by atoms with Crippen molar-refractivity contribution >= 4 is 17.9 Å². The molecule has 0 spiro atoms. The Morgan fingerprint density at radius 2 is 0.360 bits per heavy atom. The third-order valence-corrected chi connectivity index (χ3v) is 16.1. The van der Waals surface area contributed by atoms with E-state index >= 15 is 0 Å². The first-order valence-corrected chi connectivity index (χ1v) is 34.5. The molecule has 0 aliphatic rings. The van der Waals surface area contributed by atoms with Gasteiger partial charge < -0.3 is 14.2 Å². The highest BCUT2D eigenvalue weighted by Gasteiger charge is 2.19. The molecule has 0 N–H and O–H groups in total. The number of hydrogen-bond acceptors (Lipinski definition) is 6. The van der Waals surface area contributed by atoms with E-state index in [0.29, 0.717) is 19.3 Å². The van der Waals surface area contributed by atoms with Crippen LogP contribution >= 0.6 is 0 Å². The van der Waals surface area contributed by atoms with Crippen molar-refractivity contribution in [3.8, 4) is 0 Å². The quantitative estimate of drug-likeness (QED) is 0.0343. The number of esters is 3. The Hall–Kier alpha value is -1.59. The van der Waals surface area contributed by atoms with E-state index in [-0.39, 0.29) is 31.1 Å². The first-order chi connectivity index (χ1) is 37.0. The molecular weight excluding hydrogens is 925 g/mol. The van der Waals surface area contributed by atoms with Crippen LogP contribution in [0.2, 0.25) is 0 Å². The third kappa shape index (κ3) is 63.1. The van der Waals surface area contributed by atoms with Crippen LogP contribution in [0, 0.1) is 0 Å². The van der Waals surface area contributed by atoms with E-state index in [4.69, 9.17) is 14.2 Å². The van der Waals surface area contributed by atoms with Crippen molar-refractivity contribution in [3.63, 3.8) is 0 Å². The summed E-state index contributed by atoms with van der Waals surface area (Å²) in [5.41, 5.74) is 0. The lowest BCUT2D eigenvalue weighted by molar-refractivity contribution is -0.167. The molecule has 0 heterocycles. The molecule has 0 aliphatic heterocycles. The second kappa shape index (κ2) is 64.9. The lowest BCUT2D eigenvalue weighted by Crippen LogP contribution is -2.30. The normalized spacial score (nSPS) is 11.9. The van der Waals surface area contributed by atoms with E-state index in [1.54, 1.807) is 0 Å². The zero-order chi connectivity index (χ0) is 54.3. The largest absolute Gasteiger partial charge is 0.462 e. The van der Waals surface area contributed by atoms with Gasteiger partial charge in [0.1, 0.15) is 13.2 Å². The van der Waals surface area contributed by atoms with Gasteiger partial charge in [0.05, 0.1) is 0 Å². The summed E-state index contributed by atoms with van der Waals surface area (Å²) in [5.74, 6) is -0.828. The van der Waals surface area contributed by atoms with Crippen LogP contribution in [0.4, 0.5) is 0 Å². The van der Waals surface area contributed by atoms with Crippen LogP contribution in [0.15, 0.2) is 0 Å². The van der Waals surface area contributed by atoms with Crippen molar-refractivity contribution in [3.05, 3.63) is 0 Å². The second-order valence-electron chi connectivity index (χ2n) is 23.8. The van der Waals surface area contributed by atoms with Crippen LogP contribution < -0.4 is 0 Å². The van der Waals surface area contributed by atoms with Gasteiger partial charge in [0.2, 0.25) is 0 Å². The van der Waals surface area contributed by atoms with Crippen molar-refractivity contribution < 1.29 is 28.6 Å². The molecule has 446 valence electrons. The molecule has 0 saturated carbocycles. The molecule has 0 aromatic heterocycles. The van der Waals surface area contributed by atoms with Gasteiger partial charge in [-0.1, -0.05) is 367 Å². The van der Waals surface area contributed by atoms with Crippen LogP contribution in [-0.4, -0.2) is 37.2 Å². The van der Waals surface area contributed by atoms with Crippen LogP contribution in [-0.2, 0) is 28.6 Å². The van der Waals surface area contributed by atoms with Crippen molar-refractivity contribution in [1.82, 2.24) is 0 Å². The topological polar surface area (TPSA) is 78.9 Å². The smallest absolute Gasteiger partial charge is 0.306 e. The molecular formula is C69H134O6. The van der Waals surface area contributed by atoms with Gasteiger partial charge in [-0.2, -0.15) is 0 Å². The van der Waals surface area contributed by atoms with Crippen LogP contribution in [0.5, 0.6) is 0 Å². The van der Waals surface area contributed by atoms with E-state index in [1.807, 2.05) is 0 Å². The summed E-state index contributed by atoms with van der Waals surface area (Å²) in [6.45, 7) is 6.72. The summed E-state index contributed by atoms with van der Waals surface area (Å²) in [6, 6.07) is 0. The number of ether oxygens (including phenoxy) is 3. The highest BCUT2D eigenvalue weighted by atomic mass is 16.6. The number of unbranched alkanes of at least 4 members (excludes halogenated alkanes) is 54. The number of carbonyl (C=O) groups is 3. The Bertz CT molecular complexity index is 1120. The molecule has 1 unspecified atom stereocenters. The van der Waals surface area contributed by atoms with Gasteiger partial charge in [-0.25, -0.2) is 0 Å². The minimum Gasteiger partial charge on any atom is -0.462 e. The number of carbonyl (C=O) groups excluding carboxylic acids is 3. The van der Waals surface area contributed by atoms with Gasteiger partial charge in [0.15, 0.2) is 6.10 Å². The van der Waals surface area contributed by atoms with Gasteiger partial charge in [-0.15, -0.1) is 0 Å². The first-order valence-electron chi connectivity index (χ1n) is 34.5. The van der Waals surface area contributed by atoms with E-state index in [2.05, 4.69) is 20.8 Å². The average molecular weight is 1060 g/mol. The standard InChI is InChI=1S/C69H134O6/c1-4-7-10-13-16-19-22-24-26-28-29-30-31-32-33-34-35-36-37-38-39-40-42-43-45-47-50-53-56-59-62-68(71)74-65-66(64-73-67(70)61-58-55-52-49-21-18-15-12-9-6-3)75-69(72)63-60-57-54-51-48-46-44-41-27-25-23-20-17-14-11-8-5-2/h66H,4-65H2,1-3H3. The molecule has 6 heteroatoms. The fourth-order valence-electron chi connectivity index (χ4n) is 10.9. The monoisotopic (exact) mass is 1060 g/mol. The van der Waals surface area contributed by atoms with Gasteiger partial charge in [-0.05, 0) is 19.3 Å². The second-order valence-corrected chi connectivity index (χ2v) is 23.8. The maximum absolute atomic E-state index is 12.9. The lowest BCUT2D eigenvalue weighted by atomic mass is 10.0. The molecule has 6 nitrogen and oxygen atoms in total. The highest BCUT2D eigenvalue weighted by Crippen LogP contribution is 2.19. The fraction of sp³-hybridized carbons (Fsp3) is 0.957. The van der Waals surface area contributed by atoms with Crippen molar-refractivity contribution in [2.75, 3.05) is 13.2 Å². The van der Waals surface area contributed by atoms with Gasteiger partial charge in [-0.3, -0.25) is 14.4 Å². The predicted molar refractivity (Wildman–Crippen MR) is 326 cm³/mol. The van der Waals surface area contributed by atoms with Crippen molar-refractivity contribution in [1.29, 1.82) is 0 Å². The third-order valence-electron chi connectivity index (χ3n) is 16.1. The summed E-state index contributed by atoms with van der Waals surface area (Å²) in [7, 11) is 0. The average Bonchev–Trinajstić information content (AvgIpc) is 3.41. The van der Waals surface area contributed by atoms with Crippen LogP contribution in [0.3, 0.4) is 0 Å². The van der Waals surface area contributed by atoms with E-state index in [9.17, 15) is 14.4 Å². The minimum absolute atomic E-state index is 0.0608. The molecule has 0 aliphatic carbocycles. The lowest BCUT2D eigenvalue weighted by Gasteiger charge is -2.18. The van der Waals surface area contributed by atoms with Crippen molar-refractivity contribution in [2.45, 2.75) is 412 Å².